The summed E-state index contributed by atoms with van der Waals surface area (Å²) in [5.74, 6) is 1.48. The van der Waals surface area contributed by atoms with Crippen LogP contribution < -0.4 is 15.2 Å². The fourth-order valence-corrected chi connectivity index (χ4v) is 2.95. The van der Waals surface area contributed by atoms with Crippen molar-refractivity contribution in [1.29, 1.82) is 0 Å². The number of methoxy groups -OCH3 is 1. The summed E-state index contributed by atoms with van der Waals surface area (Å²) in [6.07, 6.45) is 4.89. The molecular weight excluding hydrogens is 270 g/mol. The molecule has 1 aliphatic heterocycles. The second-order valence-electron chi connectivity index (χ2n) is 5.65. The first-order chi connectivity index (χ1) is 10.3. The molecule has 2 N–H and O–H groups in total. The van der Waals surface area contributed by atoms with Gasteiger partial charge in [0.2, 0.25) is 0 Å². The largest absolute Gasteiger partial charge is 0.486 e. The van der Waals surface area contributed by atoms with Gasteiger partial charge in [-0.3, -0.25) is 0 Å². The van der Waals surface area contributed by atoms with Crippen LogP contribution >= 0.6 is 0 Å². The van der Waals surface area contributed by atoms with E-state index in [9.17, 15) is 0 Å². The maximum Gasteiger partial charge on any atom is 0.163 e. The third kappa shape index (κ3) is 3.41. The highest BCUT2D eigenvalue weighted by molar-refractivity contribution is 5.58. The zero-order valence-electron chi connectivity index (χ0n) is 12.5. The second kappa shape index (κ2) is 6.54. The molecule has 1 heterocycles. The Morgan fingerprint density at radius 3 is 2.62 bits per heavy atom. The Kier molecular flexibility index (Phi) is 4.51. The van der Waals surface area contributed by atoms with Crippen LogP contribution in [0.2, 0.25) is 0 Å². The molecule has 3 rings (SSSR count). The smallest absolute Gasteiger partial charge is 0.163 e. The molecule has 2 unspecified atom stereocenters. The van der Waals surface area contributed by atoms with Crippen molar-refractivity contribution >= 4 is 5.69 Å². The molecule has 0 aromatic heterocycles. The summed E-state index contributed by atoms with van der Waals surface area (Å²) in [6.45, 7) is 1.65. The van der Waals surface area contributed by atoms with Gasteiger partial charge in [0.25, 0.3) is 0 Å². The molecule has 0 saturated heterocycles. The van der Waals surface area contributed by atoms with Crippen LogP contribution in [-0.2, 0) is 16.1 Å². The van der Waals surface area contributed by atoms with E-state index in [1.54, 1.807) is 7.11 Å². The van der Waals surface area contributed by atoms with Crippen LogP contribution in [0.5, 0.6) is 11.5 Å². The minimum Gasteiger partial charge on any atom is -0.486 e. The second-order valence-corrected chi connectivity index (χ2v) is 5.65. The van der Waals surface area contributed by atoms with Gasteiger partial charge < -0.3 is 24.7 Å². The molecule has 2 atom stereocenters. The van der Waals surface area contributed by atoms with Crippen LogP contribution in [0.15, 0.2) is 12.1 Å². The zero-order valence-corrected chi connectivity index (χ0v) is 12.5. The number of ether oxygens (including phenoxy) is 4. The third-order valence-electron chi connectivity index (χ3n) is 4.19. The normalized spacial score (nSPS) is 24.8. The van der Waals surface area contributed by atoms with Gasteiger partial charge in [-0.1, -0.05) is 0 Å². The summed E-state index contributed by atoms with van der Waals surface area (Å²) in [6, 6.07) is 3.76. The van der Waals surface area contributed by atoms with E-state index in [1.807, 2.05) is 12.1 Å². The summed E-state index contributed by atoms with van der Waals surface area (Å²) in [5.41, 5.74) is 7.72. The molecule has 1 aliphatic carbocycles. The number of fused-ring (bicyclic) bond motifs is 1. The molecule has 5 heteroatoms. The van der Waals surface area contributed by atoms with Crippen LogP contribution in [0.1, 0.15) is 31.2 Å². The van der Waals surface area contributed by atoms with Gasteiger partial charge in [0.05, 0.1) is 18.8 Å². The molecule has 0 bridgehead atoms. The number of hydrogen-bond acceptors (Lipinski definition) is 5. The predicted molar refractivity (Wildman–Crippen MR) is 79.7 cm³/mol. The molecule has 21 heavy (non-hydrogen) atoms. The fraction of sp³-hybridized carbons (Fsp3) is 0.625. The van der Waals surface area contributed by atoms with Crippen LogP contribution in [0.4, 0.5) is 5.69 Å². The molecule has 1 fully saturated rings. The fourth-order valence-electron chi connectivity index (χ4n) is 2.95. The molecule has 0 spiro atoms. The lowest BCUT2D eigenvalue weighted by atomic mass is 9.95. The van der Waals surface area contributed by atoms with E-state index in [4.69, 9.17) is 24.7 Å². The summed E-state index contributed by atoms with van der Waals surface area (Å²) >= 11 is 0. The number of rotatable bonds is 4. The Balaban J connectivity index is 1.62. The van der Waals surface area contributed by atoms with Crippen molar-refractivity contribution in [1.82, 2.24) is 0 Å². The van der Waals surface area contributed by atoms with Gasteiger partial charge in [-0.05, 0) is 31.7 Å². The minimum absolute atomic E-state index is 0.247. The van der Waals surface area contributed by atoms with E-state index < -0.39 is 0 Å². The highest BCUT2D eigenvalue weighted by Gasteiger charge is 2.23. The monoisotopic (exact) mass is 293 g/mol. The Hall–Kier alpha value is -1.46. The maximum atomic E-state index is 6.07. The SMILES string of the molecule is COC1CCCC(OCc2cc3c(cc2N)OCCO3)C1. The van der Waals surface area contributed by atoms with Crippen molar-refractivity contribution in [3.8, 4) is 11.5 Å². The summed E-state index contributed by atoms with van der Waals surface area (Å²) in [4.78, 5) is 0. The molecule has 0 amide bonds. The highest BCUT2D eigenvalue weighted by atomic mass is 16.6. The van der Waals surface area contributed by atoms with E-state index in [0.29, 0.717) is 31.6 Å². The number of hydrogen-bond donors (Lipinski definition) is 1. The number of nitrogens with two attached hydrogens (primary N) is 1. The Bertz CT molecular complexity index is 491. The van der Waals surface area contributed by atoms with Gasteiger partial charge in [-0.15, -0.1) is 0 Å². The van der Waals surface area contributed by atoms with Crippen molar-refractivity contribution in [2.24, 2.45) is 0 Å². The van der Waals surface area contributed by atoms with Crippen molar-refractivity contribution in [2.75, 3.05) is 26.1 Å². The molecule has 1 aromatic rings. The lowest BCUT2D eigenvalue weighted by molar-refractivity contribution is -0.0362. The number of anilines is 1. The van der Waals surface area contributed by atoms with E-state index in [-0.39, 0.29) is 6.10 Å². The molecular formula is C16H23NO4. The predicted octanol–water partition coefficient (Wildman–Crippen LogP) is 2.51. The number of nitrogen functional groups attached to an aromatic ring is 1. The lowest BCUT2D eigenvalue weighted by Gasteiger charge is -2.28. The van der Waals surface area contributed by atoms with E-state index >= 15 is 0 Å². The van der Waals surface area contributed by atoms with Crippen LogP contribution in [-0.4, -0.2) is 32.5 Å². The van der Waals surface area contributed by atoms with E-state index in [0.717, 1.165) is 42.7 Å². The van der Waals surface area contributed by atoms with Crippen molar-refractivity contribution in [3.05, 3.63) is 17.7 Å². The highest BCUT2D eigenvalue weighted by Crippen LogP contribution is 2.35. The van der Waals surface area contributed by atoms with Gasteiger partial charge in [0.1, 0.15) is 13.2 Å². The van der Waals surface area contributed by atoms with Gasteiger partial charge in [-0.2, -0.15) is 0 Å². The molecule has 2 aliphatic rings. The summed E-state index contributed by atoms with van der Waals surface area (Å²) in [5, 5.41) is 0. The van der Waals surface area contributed by atoms with Crippen molar-refractivity contribution in [2.45, 2.75) is 44.5 Å². The summed E-state index contributed by atoms with van der Waals surface area (Å²) in [7, 11) is 1.77. The zero-order chi connectivity index (χ0) is 14.7. The first-order valence-electron chi connectivity index (χ1n) is 7.58. The molecule has 0 radical (unpaired) electrons. The van der Waals surface area contributed by atoms with Gasteiger partial charge in [0.15, 0.2) is 11.5 Å². The van der Waals surface area contributed by atoms with E-state index in [2.05, 4.69) is 0 Å². The third-order valence-corrected chi connectivity index (χ3v) is 4.19. The van der Waals surface area contributed by atoms with Crippen LogP contribution in [0, 0.1) is 0 Å². The number of benzene rings is 1. The Labute approximate surface area is 125 Å². The van der Waals surface area contributed by atoms with Crippen LogP contribution in [0.25, 0.3) is 0 Å². The average Bonchev–Trinajstić information content (AvgIpc) is 2.53. The summed E-state index contributed by atoms with van der Waals surface area (Å²) < 4.78 is 22.6. The van der Waals surface area contributed by atoms with Gasteiger partial charge in [-0.25, -0.2) is 0 Å². The van der Waals surface area contributed by atoms with E-state index in [1.165, 1.54) is 0 Å². The minimum atomic E-state index is 0.247. The maximum absolute atomic E-state index is 6.07. The average molecular weight is 293 g/mol. The quantitative estimate of drug-likeness (QED) is 0.864. The lowest BCUT2D eigenvalue weighted by Crippen LogP contribution is -2.27. The van der Waals surface area contributed by atoms with Gasteiger partial charge >= 0.3 is 0 Å². The topological polar surface area (TPSA) is 62.9 Å². The van der Waals surface area contributed by atoms with Gasteiger partial charge in [0, 0.05) is 24.4 Å². The standard InChI is InChI=1S/C16H23NO4/c1-18-12-3-2-4-13(8-12)21-10-11-7-15-16(9-14(11)17)20-6-5-19-15/h7,9,12-13H,2-6,8,10,17H2,1H3. The van der Waals surface area contributed by atoms with Crippen LogP contribution in [0.3, 0.4) is 0 Å². The molecule has 5 nitrogen and oxygen atoms in total. The van der Waals surface area contributed by atoms with Crippen molar-refractivity contribution in [3.63, 3.8) is 0 Å². The van der Waals surface area contributed by atoms with Crippen molar-refractivity contribution < 1.29 is 18.9 Å². The Morgan fingerprint density at radius 1 is 1.14 bits per heavy atom. The molecule has 116 valence electrons. The molecule has 1 saturated carbocycles. The Morgan fingerprint density at radius 2 is 1.86 bits per heavy atom. The molecule has 1 aromatic carbocycles. The first kappa shape index (κ1) is 14.5. The first-order valence-corrected chi connectivity index (χ1v) is 7.58.